The van der Waals surface area contributed by atoms with Gasteiger partial charge in [-0.3, -0.25) is 0 Å². The standard InChI is InChI=1S/C12H20O3Si/c1-9(2)8-16-7-6-10(13-3)11(14-4)12(16)15-5/h6-7,9H,8H2,1-5H3. The predicted octanol–water partition coefficient (Wildman–Crippen LogP) is 2.39. The molecule has 0 bridgehead atoms. The summed E-state index contributed by atoms with van der Waals surface area (Å²) in [5.41, 5.74) is 2.21. The molecule has 1 rings (SSSR count). The summed E-state index contributed by atoms with van der Waals surface area (Å²) >= 11 is 0. The van der Waals surface area contributed by atoms with E-state index in [1.54, 1.807) is 21.3 Å². The largest absolute Gasteiger partial charge is 0.498 e. The molecule has 0 N–H and O–H groups in total. The lowest BCUT2D eigenvalue weighted by molar-refractivity contribution is 0.328. The van der Waals surface area contributed by atoms with E-state index >= 15 is 0 Å². The van der Waals surface area contributed by atoms with E-state index in [1.165, 1.54) is 0 Å². The maximum absolute atomic E-state index is 5.49. The highest BCUT2D eigenvalue weighted by Gasteiger charge is 2.16. The van der Waals surface area contributed by atoms with Gasteiger partial charge in [0.2, 0.25) is 0 Å². The SMILES string of the molecule is COc1cc[si](CC(C)C)c(OC)c1OC. The summed E-state index contributed by atoms with van der Waals surface area (Å²) in [5, 5.41) is 0.959. The Balaban J connectivity index is 3.20. The van der Waals surface area contributed by atoms with Crippen LogP contribution >= 0.6 is 0 Å². The van der Waals surface area contributed by atoms with Gasteiger partial charge in [-0.1, -0.05) is 19.5 Å². The summed E-state index contributed by atoms with van der Waals surface area (Å²) in [7, 11) is 4.21. The van der Waals surface area contributed by atoms with Crippen molar-refractivity contribution in [2.45, 2.75) is 19.9 Å². The topological polar surface area (TPSA) is 27.7 Å². The van der Waals surface area contributed by atoms with Crippen LogP contribution in [0.1, 0.15) is 13.8 Å². The number of ether oxygens (including phenoxy) is 3. The zero-order chi connectivity index (χ0) is 12.1. The van der Waals surface area contributed by atoms with E-state index in [0.717, 1.165) is 22.9 Å². The molecule has 1 aromatic heterocycles. The van der Waals surface area contributed by atoms with Crippen molar-refractivity contribution >= 4 is 8.40 Å². The first kappa shape index (κ1) is 13.0. The fourth-order valence-corrected chi connectivity index (χ4v) is 4.25. The molecule has 0 aliphatic carbocycles. The average molecular weight is 240 g/mol. The Labute approximate surface area is 98.9 Å². The van der Waals surface area contributed by atoms with Gasteiger partial charge in [0.05, 0.1) is 29.7 Å². The van der Waals surface area contributed by atoms with E-state index in [1.807, 2.05) is 6.07 Å². The Kier molecular flexibility index (Phi) is 4.80. The Bertz CT molecular complexity index is 350. The first-order chi connectivity index (χ1) is 7.63. The Hall–Kier alpha value is -1.03. The van der Waals surface area contributed by atoms with Crippen LogP contribution in [0.5, 0.6) is 16.9 Å². The van der Waals surface area contributed by atoms with Crippen LogP contribution in [0, 0.1) is 5.92 Å². The molecule has 1 heterocycles. The van der Waals surface area contributed by atoms with E-state index in [-0.39, 0.29) is 0 Å². The van der Waals surface area contributed by atoms with Gasteiger partial charge < -0.3 is 14.2 Å². The lowest BCUT2D eigenvalue weighted by atomic mass is 10.3. The molecule has 0 amide bonds. The second kappa shape index (κ2) is 5.89. The van der Waals surface area contributed by atoms with Gasteiger partial charge in [-0.2, -0.15) is 0 Å². The lowest BCUT2D eigenvalue weighted by Gasteiger charge is -2.16. The van der Waals surface area contributed by atoms with Crippen LogP contribution < -0.4 is 14.2 Å². The van der Waals surface area contributed by atoms with Crippen molar-refractivity contribution < 1.29 is 14.2 Å². The third kappa shape index (κ3) is 2.75. The predicted molar refractivity (Wildman–Crippen MR) is 66.9 cm³/mol. The van der Waals surface area contributed by atoms with Crippen LogP contribution in [0.3, 0.4) is 0 Å². The minimum atomic E-state index is -0.789. The van der Waals surface area contributed by atoms with Crippen molar-refractivity contribution in [3.63, 3.8) is 0 Å². The molecule has 0 aliphatic rings. The molecule has 16 heavy (non-hydrogen) atoms. The van der Waals surface area contributed by atoms with E-state index < -0.39 is 8.40 Å². The van der Waals surface area contributed by atoms with Crippen molar-refractivity contribution in [1.82, 2.24) is 0 Å². The van der Waals surface area contributed by atoms with Gasteiger partial charge in [0.25, 0.3) is 0 Å². The van der Waals surface area contributed by atoms with Crippen molar-refractivity contribution in [2.75, 3.05) is 21.3 Å². The smallest absolute Gasteiger partial charge is 0.197 e. The summed E-state index contributed by atoms with van der Waals surface area (Å²) in [6, 6.07) is 3.15. The summed E-state index contributed by atoms with van der Waals surface area (Å²) in [6.07, 6.45) is 0. The van der Waals surface area contributed by atoms with Crippen LogP contribution in [0.25, 0.3) is 0 Å². The fraction of sp³-hybridized carbons (Fsp3) is 0.583. The molecule has 0 aromatic carbocycles. The van der Waals surface area contributed by atoms with Gasteiger partial charge in [-0.25, -0.2) is 0 Å². The first-order valence-corrected chi connectivity index (χ1v) is 7.20. The highest BCUT2D eigenvalue weighted by molar-refractivity contribution is 6.55. The summed E-state index contributed by atoms with van der Waals surface area (Å²) in [6.45, 7) is 4.45. The zero-order valence-corrected chi connectivity index (χ0v) is 11.7. The first-order valence-electron chi connectivity index (χ1n) is 5.41. The van der Waals surface area contributed by atoms with Gasteiger partial charge in [0.1, 0.15) is 5.36 Å². The zero-order valence-electron chi connectivity index (χ0n) is 10.7. The highest BCUT2D eigenvalue weighted by Crippen LogP contribution is 2.36. The molecule has 90 valence electrons. The molecular formula is C12H20O3Si. The molecule has 0 atom stereocenters. The minimum Gasteiger partial charge on any atom is -0.498 e. The maximum Gasteiger partial charge on any atom is 0.197 e. The molecule has 3 nitrogen and oxygen atoms in total. The van der Waals surface area contributed by atoms with E-state index in [2.05, 4.69) is 19.5 Å². The highest BCUT2D eigenvalue weighted by atomic mass is 28.2. The van der Waals surface area contributed by atoms with Gasteiger partial charge in [0, 0.05) is 0 Å². The number of methoxy groups -OCH3 is 3. The lowest BCUT2D eigenvalue weighted by Crippen LogP contribution is -2.11. The Morgan fingerprint density at radius 3 is 2.25 bits per heavy atom. The second-order valence-electron chi connectivity index (χ2n) is 4.09. The molecule has 0 fully saturated rings. The fourth-order valence-electron chi connectivity index (χ4n) is 1.76. The summed E-state index contributed by atoms with van der Waals surface area (Å²) < 4.78 is 16.1. The Morgan fingerprint density at radius 1 is 1.12 bits per heavy atom. The molecule has 0 aliphatic heterocycles. The number of hydrogen-bond acceptors (Lipinski definition) is 3. The average Bonchev–Trinajstić information content (AvgIpc) is 2.27. The molecule has 0 radical (unpaired) electrons. The molecule has 1 aromatic rings. The molecule has 0 saturated carbocycles. The number of hydrogen-bond donors (Lipinski definition) is 0. The van der Waals surface area contributed by atoms with Crippen LogP contribution in [0.2, 0.25) is 0 Å². The molecule has 4 heteroatoms. The van der Waals surface area contributed by atoms with E-state index in [9.17, 15) is 0 Å². The summed E-state index contributed by atoms with van der Waals surface area (Å²) in [4.78, 5) is 0. The minimum absolute atomic E-state index is 0.658. The monoisotopic (exact) mass is 240 g/mol. The molecular weight excluding hydrogens is 220 g/mol. The van der Waals surface area contributed by atoms with Gasteiger partial charge >= 0.3 is 0 Å². The maximum atomic E-state index is 5.49. The van der Waals surface area contributed by atoms with Gasteiger partial charge in [-0.15, -0.1) is 0 Å². The van der Waals surface area contributed by atoms with Crippen LogP contribution in [0.15, 0.2) is 11.7 Å². The summed E-state index contributed by atoms with van der Waals surface area (Å²) in [5.74, 6) is 2.16. The van der Waals surface area contributed by atoms with E-state index in [4.69, 9.17) is 14.2 Å². The van der Waals surface area contributed by atoms with Crippen LogP contribution in [-0.4, -0.2) is 29.7 Å². The van der Waals surface area contributed by atoms with Gasteiger partial charge in [0.15, 0.2) is 11.5 Å². The normalized spacial score (nSPS) is 10.4. The van der Waals surface area contributed by atoms with Crippen molar-refractivity contribution in [3.8, 4) is 16.9 Å². The quantitative estimate of drug-likeness (QED) is 0.740. The van der Waals surface area contributed by atoms with E-state index in [0.29, 0.717) is 5.92 Å². The van der Waals surface area contributed by atoms with Crippen molar-refractivity contribution in [3.05, 3.63) is 11.7 Å². The Morgan fingerprint density at radius 2 is 1.81 bits per heavy atom. The third-order valence-corrected chi connectivity index (χ3v) is 5.25. The third-order valence-electron chi connectivity index (χ3n) is 2.41. The van der Waals surface area contributed by atoms with Crippen molar-refractivity contribution in [2.24, 2.45) is 5.92 Å². The van der Waals surface area contributed by atoms with Crippen LogP contribution in [0.4, 0.5) is 0 Å². The molecule has 0 saturated heterocycles. The van der Waals surface area contributed by atoms with Crippen LogP contribution in [-0.2, 0) is 6.04 Å². The van der Waals surface area contributed by atoms with Crippen molar-refractivity contribution in [1.29, 1.82) is 0 Å². The molecule has 0 unspecified atom stereocenters. The van der Waals surface area contributed by atoms with Gasteiger partial charge in [-0.05, 0) is 18.0 Å². The second-order valence-corrected chi connectivity index (χ2v) is 6.34. The molecule has 0 spiro atoms. The number of rotatable bonds is 5.